The molecule has 2 heteroatoms. The Morgan fingerprint density at radius 3 is 1.81 bits per heavy atom. The number of hydrogen-bond acceptors (Lipinski definition) is 0. The zero-order valence-corrected chi connectivity index (χ0v) is 14.4. The standard InChI is InChI=1S/C14H28Si2/c1-14(2,3)16(7,8)13-10-9-12(11-13)15(4,5)6/h9,11H,10H2,1-8H3. The second-order valence-corrected chi connectivity index (χ2v) is 18.1. The quantitative estimate of drug-likeness (QED) is 0.595. The molecule has 0 aliphatic heterocycles. The normalized spacial score (nSPS) is 18.5. The summed E-state index contributed by atoms with van der Waals surface area (Å²) in [5.41, 5.74) is 0. The van der Waals surface area contributed by atoms with Crippen LogP contribution < -0.4 is 0 Å². The Bertz CT molecular complexity index is 333. The van der Waals surface area contributed by atoms with Gasteiger partial charge in [-0.1, -0.05) is 76.1 Å². The Balaban J connectivity index is 2.98. The average molecular weight is 253 g/mol. The van der Waals surface area contributed by atoms with Gasteiger partial charge in [0.1, 0.15) is 0 Å². The number of hydrogen-bond donors (Lipinski definition) is 0. The van der Waals surface area contributed by atoms with E-state index in [1.165, 1.54) is 6.42 Å². The molecule has 0 nitrogen and oxygen atoms in total. The van der Waals surface area contributed by atoms with Gasteiger partial charge in [-0.3, -0.25) is 0 Å². The van der Waals surface area contributed by atoms with Crippen molar-refractivity contribution < 1.29 is 0 Å². The molecule has 0 amide bonds. The highest BCUT2D eigenvalue weighted by Gasteiger charge is 2.39. The van der Waals surface area contributed by atoms with Crippen LogP contribution in [0.1, 0.15) is 27.2 Å². The Labute approximate surface area is 104 Å². The van der Waals surface area contributed by atoms with Crippen molar-refractivity contribution in [3.05, 3.63) is 22.5 Å². The molecule has 0 atom stereocenters. The lowest BCUT2D eigenvalue weighted by Crippen LogP contribution is -2.39. The van der Waals surface area contributed by atoms with Crippen LogP contribution in [0, 0.1) is 0 Å². The van der Waals surface area contributed by atoms with Crippen molar-refractivity contribution in [2.24, 2.45) is 0 Å². The molecule has 0 aromatic carbocycles. The van der Waals surface area contributed by atoms with Gasteiger partial charge in [-0.15, -0.1) is 0 Å². The van der Waals surface area contributed by atoms with Gasteiger partial charge in [-0.25, -0.2) is 0 Å². The summed E-state index contributed by atoms with van der Waals surface area (Å²) in [6, 6.07) is 0. The maximum Gasteiger partial charge on any atom is 0.0811 e. The molecular formula is C14H28Si2. The van der Waals surface area contributed by atoms with Gasteiger partial charge in [0.2, 0.25) is 0 Å². The van der Waals surface area contributed by atoms with Crippen LogP contribution in [0.25, 0.3) is 0 Å². The van der Waals surface area contributed by atoms with Crippen molar-refractivity contribution in [3.8, 4) is 0 Å². The van der Waals surface area contributed by atoms with Crippen LogP contribution in [0.4, 0.5) is 0 Å². The second kappa shape index (κ2) is 3.99. The van der Waals surface area contributed by atoms with E-state index in [0.717, 1.165) is 0 Å². The fourth-order valence-electron chi connectivity index (χ4n) is 1.97. The van der Waals surface area contributed by atoms with Crippen molar-refractivity contribution >= 4 is 16.1 Å². The molecule has 0 N–H and O–H groups in total. The van der Waals surface area contributed by atoms with E-state index >= 15 is 0 Å². The van der Waals surface area contributed by atoms with Gasteiger partial charge in [-0.2, -0.15) is 0 Å². The fraction of sp³-hybridized carbons (Fsp3) is 0.714. The third-order valence-electron chi connectivity index (χ3n) is 4.42. The van der Waals surface area contributed by atoms with E-state index in [1.54, 1.807) is 10.4 Å². The lowest BCUT2D eigenvalue weighted by Gasteiger charge is -2.38. The monoisotopic (exact) mass is 252 g/mol. The summed E-state index contributed by atoms with van der Waals surface area (Å²) in [6.07, 6.45) is 6.29. The van der Waals surface area contributed by atoms with Crippen LogP contribution in [-0.2, 0) is 0 Å². The summed E-state index contributed by atoms with van der Waals surface area (Å²) in [7, 11) is -2.36. The van der Waals surface area contributed by atoms with E-state index in [1.807, 2.05) is 0 Å². The molecule has 0 heterocycles. The Morgan fingerprint density at radius 2 is 1.50 bits per heavy atom. The minimum atomic E-state index is -1.26. The summed E-state index contributed by atoms with van der Waals surface area (Å²) < 4.78 is 0. The third kappa shape index (κ3) is 2.59. The molecule has 0 fully saturated rings. The molecule has 0 saturated carbocycles. The smallest absolute Gasteiger partial charge is 0.0811 e. The molecule has 0 aromatic rings. The van der Waals surface area contributed by atoms with Crippen LogP contribution in [-0.4, -0.2) is 16.1 Å². The van der Waals surface area contributed by atoms with Crippen molar-refractivity contribution in [3.63, 3.8) is 0 Å². The molecule has 0 aromatic heterocycles. The average Bonchev–Trinajstić information content (AvgIpc) is 2.47. The first kappa shape index (κ1) is 14.0. The Kier molecular flexibility index (Phi) is 3.48. The second-order valence-electron chi connectivity index (χ2n) is 7.66. The highest BCUT2D eigenvalue weighted by atomic mass is 28.3. The predicted molar refractivity (Wildman–Crippen MR) is 81.3 cm³/mol. The van der Waals surface area contributed by atoms with Crippen LogP contribution in [0.2, 0.25) is 37.8 Å². The van der Waals surface area contributed by atoms with Crippen LogP contribution >= 0.6 is 0 Å². The van der Waals surface area contributed by atoms with Gasteiger partial charge >= 0.3 is 0 Å². The van der Waals surface area contributed by atoms with Crippen molar-refractivity contribution in [2.75, 3.05) is 0 Å². The first-order valence-corrected chi connectivity index (χ1v) is 12.9. The maximum absolute atomic E-state index is 2.56. The van der Waals surface area contributed by atoms with Gasteiger partial charge in [0, 0.05) is 0 Å². The molecule has 0 radical (unpaired) electrons. The molecular weight excluding hydrogens is 224 g/mol. The lowest BCUT2D eigenvalue weighted by atomic mass is 10.2. The number of rotatable bonds is 2. The fourth-order valence-corrected chi connectivity index (χ4v) is 5.52. The minimum Gasteiger partial charge on any atom is -0.0816 e. The zero-order valence-electron chi connectivity index (χ0n) is 12.4. The summed E-state index contributed by atoms with van der Waals surface area (Å²) in [5, 5.41) is 3.91. The van der Waals surface area contributed by atoms with Gasteiger partial charge in [-0.05, 0) is 11.5 Å². The molecule has 1 rings (SSSR count). The van der Waals surface area contributed by atoms with Gasteiger partial charge < -0.3 is 0 Å². The molecule has 0 saturated heterocycles. The van der Waals surface area contributed by atoms with Crippen molar-refractivity contribution in [1.82, 2.24) is 0 Å². The zero-order chi connectivity index (χ0) is 12.8. The topological polar surface area (TPSA) is 0 Å². The van der Waals surface area contributed by atoms with E-state index in [-0.39, 0.29) is 0 Å². The van der Waals surface area contributed by atoms with Crippen LogP contribution in [0.15, 0.2) is 22.5 Å². The van der Waals surface area contributed by atoms with E-state index in [2.05, 4.69) is 65.7 Å². The summed E-state index contributed by atoms with van der Waals surface area (Å²) in [5.74, 6) is 0. The maximum atomic E-state index is 2.56. The van der Waals surface area contributed by atoms with Crippen molar-refractivity contribution in [2.45, 2.75) is 65.0 Å². The minimum absolute atomic E-state index is 0.474. The van der Waals surface area contributed by atoms with Crippen molar-refractivity contribution in [1.29, 1.82) is 0 Å². The molecule has 1 aliphatic carbocycles. The molecule has 0 spiro atoms. The Hall–Kier alpha value is -0.0862. The van der Waals surface area contributed by atoms with E-state index in [4.69, 9.17) is 0 Å². The van der Waals surface area contributed by atoms with E-state index < -0.39 is 16.1 Å². The van der Waals surface area contributed by atoms with Gasteiger partial charge in [0.15, 0.2) is 0 Å². The van der Waals surface area contributed by atoms with E-state index in [9.17, 15) is 0 Å². The summed E-state index contributed by atoms with van der Waals surface area (Å²) >= 11 is 0. The van der Waals surface area contributed by atoms with Crippen LogP contribution in [0.3, 0.4) is 0 Å². The largest absolute Gasteiger partial charge is 0.0816 e. The van der Waals surface area contributed by atoms with Crippen LogP contribution in [0.5, 0.6) is 0 Å². The first-order chi connectivity index (χ1) is 6.96. The molecule has 92 valence electrons. The summed E-state index contributed by atoms with van der Waals surface area (Å²) in [4.78, 5) is 0. The van der Waals surface area contributed by atoms with Gasteiger partial charge in [0.25, 0.3) is 0 Å². The first-order valence-electron chi connectivity index (χ1n) is 6.38. The molecule has 1 aliphatic rings. The highest BCUT2D eigenvalue weighted by Crippen LogP contribution is 2.44. The molecule has 0 bridgehead atoms. The molecule has 0 unspecified atom stereocenters. The number of allylic oxidation sites excluding steroid dienone is 4. The Morgan fingerprint density at radius 1 is 1.00 bits per heavy atom. The predicted octanol–water partition coefficient (Wildman–Crippen LogP) is 5.17. The van der Waals surface area contributed by atoms with Gasteiger partial charge in [0.05, 0.1) is 16.1 Å². The SMILES string of the molecule is CC(C)(C)[Si](C)(C)C1=CC([Si](C)(C)C)=CC1. The third-order valence-corrected chi connectivity index (χ3v) is 12.2. The highest BCUT2D eigenvalue weighted by molar-refractivity contribution is 6.88. The summed E-state index contributed by atoms with van der Waals surface area (Å²) in [6.45, 7) is 19.6. The lowest BCUT2D eigenvalue weighted by molar-refractivity contribution is 0.723. The molecule has 16 heavy (non-hydrogen) atoms. The van der Waals surface area contributed by atoms with E-state index in [0.29, 0.717) is 5.04 Å².